The highest BCUT2D eigenvalue weighted by molar-refractivity contribution is 5.92. The highest BCUT2D eigenvalue weighted by Gasteiger charge is 2.61. The van der Waals surface area contributed by atoms with Crippen LogP contribution in [0.5, 0.6) is 0 Å². The lowest BCUT2D eigenvalue weighted by Crippen LogP contribution is -2.26. The standard InChI is InChI=1S/C25H25N5O2/c31-23-11-21(29-22-3-1-2-8-30(22)23)24(32)27-13-16-4-5-17-10-19(28-20(17)9-16)15-26-14-18-12-25(18)6-7-25/h1-5,8-11,18,26,28H,6-7,12-15H2,(H,27,32). The third kappa shape index (κ3) is 3.58. The van der Waals surface area contributed by atoms with Gasteiger partial charge in [-0.05, 0) is 72.4 Å². The Morgan fingerprint density at radius 3 is 2.91 bits per heavy atom. The number of rotatable bonds is 7. The fraction of sp³-hybridized carbons (Fsp3) is 0.320. The number of hydrogen-bond donors (Lipinski definition) is 3. The normalized spacial score (nSPS) is 18.3. The SMILES string of the molecule is O=C(NCc1ccc2cc(CNCC3CC34CC4)[nH]c2c1)c1cc(=O)n2ccccc2n1. The molecule has 2 aliphatic rings. The average Bonchev–Trinajstić information content (AvgIpc) is 3.68. The van der Waals surface area contributed by atoms with E-state index in [4.69, 9.17) is 0 Å². The molecule has 6 rings (SSSR count). The number of pyridine rings is 1. The Morgan fingerprint density at radius 2 is 2.06 bits per heavy atom. The monoisotopic (exact) mass is 427 g/mol. The van der Waals surface area contributed by atoms with E-state index in [0.29, 0.717) is 12.2 Å². The van der Waals surface area contributed by atoms with Gasteiger partial charge in [0.15, 0.2) is 0 Å². The van der Waals surface area contributed by atoms with Crippen LogP contribution >= 0.6 is 0 Å². The molecule has 1 aromatic carbocycles. The second-order valence-electron chi connectivity index (χ2n) is 9.20. The molecule has 2 aliphatic carbocycles. The molecule has 3 aromatic heterocycles. The second-order valence-corrected chi connectivity index (χ2v) is 9.20. The summed E-state index contributed by atoms with van der Waals surface area (Å²) >= 11 is 0. The number of nitrogens with zero attached hydrogens (tertiary/aromatic N) is 2. The van der Waals surface area contributed by atoms with E-state index in [9.17, 15) is 9.59 Å². The average molecular weight is 428 g/mol. The van der Waals surface area contributed by atoms with Crippen LogP contribution in [0.4, 0.5) is 0 Å². The van der Waals surface area contributed by atoms with Crippen molar-refractivity contribution in [2.24, 2.45) is 11.3 Å². The Morgan fingerprint density at radius 1 is 1.16 bits per heavy atom. The highest BCUT2D eigenvalue weighted by Crippen LogP contribution is 2.70. The van der Waals surface area contributed by atoms with E-state index in [0.717, 1.165) is 40.9 Å². The molecule has 0 aliphatic heterocycles. The van der Waals surface area contributed by atoms with Crippen LogP contribution in [0.2, 0.25) is 0 Å². The fourth-order valence-electron chi connectivity index (χ4n) is 4.76. The van der Waals surface area contributed by atoms with Gasteiger partial charge < -0.3 is 15.6 Å². The number of H-pyrrole nitrogens is 1. The molecule has 7 heteroatoms. The van der Waals surface area contributed by atoms with Crippen molar-refractivity contribution in [1.82, 2.24) is 25.0 Å². The summed E-state index contributed by atoms with van der Waals surface area (Å²) in [6.07, 6.45) is 5.90. The van der Waals surface area contributed by atoms with Crippen LogP contribution in [0.1, 0.15) is 41.0 Å². The van der Waals surface area contributed by atoms with Gasteiger partial charge in [0.05, 0.1) is 0 Å². The Kier molecular flexibility index (Phi) is 4.40. The first-order valence-corrected chi connectivity index (χ1v) is 11.2. The third-order valence-corrected chi connectivity index (χ3v) is 6.96. The minimum absolute atomic E-state index is 0.124. The molecule has 1 amide bonds. The summed E-state index contributed by atoms with van der Waals surface area (Å²) in [4.78, 5) is 32.6. The summed E-state index contributed by atoms with van der Waals surface area (Å²) in [6.45, 7) is 2.32. The van der Waals surface area contributed by atoms with E-state index < -0.39 is 0 Å². The first-order chi connectivity index (χ1) is 15.6. The Hall–Kier alpha value is -3.45. The molecular formula is C25H25N5O2. The summed E-state index contributed by atoms with van der Waals surface area (Å²) in [5.41, 5.74) is 4.26. The van der Waals surface area contributed by atoms with Gasteiger partial charge in [-0.15, -0.1) is 0 Å². The maximum atomic E-state index is 12.6. The molecular weight excluding hydrogens is 402 g/mol. The molecule has 0 bridgehead atoms. The van der Waals surface area contributed by atoms with Crippen molar-refractivity contribution in [3.63, 3.8) is 0 Å². The van der Waals surface area contributed by atoms with Gasteiger partial charge in [0.25, 0.3) is 11.5 Å². The van der Waals surface area contributed by atoms with E-state index in [-0.39, 0.29) is 17.2 Å². The number of benzene rings is 1. The number of fused-ring (bicyclic) bond motifs is 2. The van der Waals surface area contributed by atoms with Crippen molar-refractivity contribution in [2.45, 2.75) is 32.4 Å². The summed E-state index contributed by atoms with van der Waals surface area (Å²) in [7, 11) is 0. The lowest BCUT2D eigenvalue weighted by Gasteiger charge is -2.06. The van der Waals surface area contributed by atoms with Crippen LogP contribution in [0, 0.1) is 11.3 Å². The van der Waals surface area contributed by atoms with E-state index >= 15 is 0 Å². The number of hydrogen-bond acceptors (Lipinski definition) is 4. The van der Waals surface area contributed by atoms with E-state index in [2.05, 4.69) is 38.8 Å². The number of carbonyl (C=O) groups is 1. The van der Waals surface area contributed by atoms with E-state index in [1.165, 1.54) is 35.4 Å². The van der Waals surface area contributed by atoms with Crippen molar-refractivity contribution in [3.05, 3.63) is 82.0 Å². The Balaban J connectivity index is 1.10. The van der Waals surface area contributed by atoms with Gasteiger partial charge in [-0.25, -0.2) is 4.98 Å². The predicted octanol–water partition coefficient (Wildman–Crippen LogP) is 3.00. The van der Waals surface area contributed by atoms with Gasteiger partial charge in [-0.2, -0.15) is 0 Å². The molecule has 4 aromatic rings. The second kappa shape index (κ2) is 7.31. The maximum Gasteiger partial charge on any atom is 0.270 e. The van der Waals surface area contributed by atoms with Crippen LogP contribution in [0.15, 0.2) is 59.5 Å². The van der Waals surface area contributed by atoms with Gasteiger partial charge in [-0.3, -0.25) is 14.0 Å². The van der Waals surface area contributed by atoms with Crippen molar-refractivity contribution in [2.75, 3.05) is 6.54 Å². The van der Waals surface area contributed by atoms with Gasteiger partial charge in [0.1, 0.15) is 11.3 Å². The van der Waals surface area contributed by atoms with E-state index in [1.807, 2.05) is 6.07 Å². The Labute approximate surface area is 184 Å². The van der Waals surface area contributed by atoms with Crippen molar-refractivity contribution in [1.29, 1.82) is 0 Å². The molecule has 1 atom stereocenters. The topological polar surface area (TPSA) is 91.3 Å². The highest BCUT2D eigenvalue weighted by atomic mass is 16.2. The van der Waals surface area contributed by atoms with Crippen LogP contribution in [0.25, 0.3) is 16.6 Å². The molecule has 32 heavy (non-hydrogen) atoms. The fourth-order valence-corrected chi connectivity index (χ4v) is 4.76. The molecule has 0 radical (unpaired) electrons. The van der Waals surface area contributed by atoms with Crippen LogP contribution in [-0.4, -0.2) is 26.8 Å². The first-order valence-electron chi connectivity index (χ1n) is 11.2. The molecule has 162 valence electrons. The number of aromatic amines is 1. The largest absolute Gasteiger partial charge is 0.357 e. The van der Waals surface area contributed by atoms with Gasteiger partial charge in [0, 0.05) is 36.6 Å². The summed E-state index contributed by atoms with van der Waals surface area (Å²) in [5.74, 6) is 0.522. The molecule has 7 nitrogen and oxygen atoms in total. The molecule has 2 fully saturated rings. The lowest BCUT2D eigenvalue weighted by atomic mass is 10.1. The number of carbonyl (C=O) groups excluding carboxylic acids is 1. The number of nitrogens with one attached hydrogen (secondary N) is 3. The minimum Gasteiger partial charge on any atom is -0.357 e. The smallest absolute Gasteiger partial charge is 0.270 e. The van der Waals surface area contributed by atoms with Crippen LogP contribution < -0.4 is 16.2 Å². The third-order valence-electron chi connectivity index (χ3n) is 6.96. The first kappa shape index (κ1) is 19.3. The molecule has 2 saturated carbocycles. The van der Waals surface area contributed by atoms with E-state index in [1.54, 1.807) is 24.4 Å². The van der Waals surface area contributed by atoms with Crippen molar-refractivity contribution >= 4 is 22.5 Å². The van der Waals surface area contributed by atoms with Gasteiger partial charge in [0.2, 0.25) is 0 Å². The molecule has 0 saturated heterocycles. The Bertz CT molecular complexity index is 1400. The van der Waals surface area contributed by atoms with Gasteiger partial charge >= 0.3 is 0 Å². The number of amides is 1. The zero-order chi connectivity index (χ0) is 21.7. The quantitative estimate of drug-likeness (QED) is 0.423. The van der Waals surface area contributed by atoms with Gasteiger partial charge in [-0.1, -0.05) is 18.2 Å². The zero-order valence-electron chi connectivity index (χ0n) is 17.7. The maximum absolute atomic E-state index is 12.6. The molecule has 3 N–H and O–H groups in total. The predicted molar refractivity (Wildman–Crippen MR) is 122 cm³/mol. The molecule has 1 spiro atoms. The van der Waals surface area contributed by atoms with Crippen LogP contribution in [0.3, 0.4) is 0 Å². The summed E-state index contributed by atoms with van der Waals surface area (Å²) in [5, 5.41) is 7.62. The summed E-state index contributed by atoms with van der Waals surface area (Å²) in [6, 6.07) is 14.8. The summed E-state index contributed by atoms with van der Waals surface area (Å²) < 4.78 is 1.41. The van der Waals surface area contributed by atoms with Crippen LogP contribution in [-0.2, 0) is 13.1 Å². The minimum atomic E-state index is -0.363. The number of aromatic nitrogens is 3. The van der Waals surface area contributed by atoms with Crippen molar-refractivity contribution < 1.29 is 4.79 Å². The zero-order valence-corrected chi connectivity index (χ0v) is 17.7. The lowest BCUT2D eigenvalue weighted by molar-refractivity contribution is 0.0946. The van der Waals surface area contributed by atoms with Crippen molar-refractivity contribution in [3.8, 4) is 0 Å². The molecule has 1 unspecified atom stereocenters. The molecule has 3 heterocycles.